The van der Waals surface area contributed by atoms with Crippen LogP contribution in [0.5, 0.6) is 5.75 Å². The smallest absolute Gasteiger partial charge is 0.338 e. The van der Waals surface area contributed by atoms with E-state index in [0.29, 0.717) is 45.8 Å². The quantitative estimate of drug-likeness (QED) is 0.654. The van der Waals surface area contributed by atoms with Crippen LogP contribution in [0.4, 0.5) is 5.69 Å². The standard InChI is InChI=1S/C19H19Cl2NO5/c1-3-26-10-13-8-12(4-7-17(13)25-2)19(24)27-11-18(23)22-14-5-6-15(20)16(21)9-14/h4-9H,3,10-11H2,1-2H3,(H,22,23). The van der Waals surface area contributed by atoms with Crippen molar-refractivity contribution in [2.45, 2.75) is 13.5 Å². The molecule has 0 heterocycles. The van der Waals surface area contributed by atoms with E-state index < -0.39 is 18.5 Å². The number of ether oxygens (including phenoxy) is 3. The molecule has 8 heteroatoms. The minimum absolute atomic E-state index is 0.299. The molecule has 2 rings (SSSR count). The molecule has 0 saturated heterocycles. The van der Waals surface area contributed by atoms with Crippen LogP contribution < -0.4 is 10.1 Å². The molecule has 2 aromatic carbocycles. The number of halogens is 2. The summed E-state index contributed by atoms with van der Waals surface area (Å²) in [7, 11) is 1.54. The zero-order chi connectivity index (χ0) is 19.8. The maximum Gasteiger partial charge on any atom is 0.338 e. The third kappa shape index (κ3) is 6.13. The second kappa shape index (κ2) is 10.2. The van der Waals surface area contributed by atoms with Gasteiger partial charge in [-0.25, -0.2) is 4.79 Å². The summed E-state index contributed by atoms with van der Waals surface area (Å²) in [5.41, 5.74) is 1.47. The predicted molar refractivity (Wildman–Crippen MR) is 104 cm³/mol. The summed E-state index contributed by atoms with van der Waals surface area (Å²) in [4.78, 5) is 24.2. The number of anilines is 1. The average molecular weight is 412 g/mol. The molecule has 0 bridgehead atoms. The van der Waals surface area contributed by atoms with Gasteiger partial charge in [0.1, 0.15) is 5.75 Å². The van der Waals surface area contributed by atoms with Crippen molar-refractivity contribution in [3.05, 3.63) is 57.6 Å². The molecule has 0 saturated carbocycles. The Labute approximate surface area is 167 Å². The Morgan fingerprint density at radius 2 is 1.85 bits per heavy atom. The topological polar surface area (TPSA) is 73.9 Å². The van der Waals surface area contributed by atoms with Crippen molar-refractivity contribution >= 4 is 40.8 Å². The van der Waals surface area contributed by atoms with Gasteiger partial charge in [0.05, 0.1) is 29.3 Å². The van der Waals surface area contributed by atoms with Crippen molar-refractivity contribution in [1.82, 2.24) is 0 Å². The van der Waals surface area contributed by atoms with Gasteiger partial charge in [-0.2, -0.15) is 0 Å². The lowest BCUT2D eigenvalue weighted by atomic mass is 10.1. The number of carbonyl (C=O) groups is 2. The molecule has 0 radical (unpaired) electrons. The first kappa shape index (κ1) is 21.0. The van der Waals surface area contributed by atoms with Crippen LogP contribution in [0.3, 0.4) is 0 Å². The molecule has 0 atom stereocenters. The fraction of sp³-hybridized carbons (Fsp3) is 0.263. The fourth-order valence-corrected chi connectivity index (χ4v) is 2.51. The summed E-state index contributed by atoms with van der Waals surface area (Å²) in [5, 5.41) is 3.26. The van der Waals surface area contributed by atoms with E-state index in [4.69, 9.17) is 37.4 Å². The van der Waals surface area contributed by atoms with Crippen molar-refractivity contribution < 1.29 is 23.8 Å². The van der Waals surface area contributed by atoms with Gasteiger partial charge in [0.25, 0.3) is 5.91 Å². The van der Waals surface area contributed by atoms with Crippen LogP contribution in [0.15, 0.2) is 36.4 Å². The van der Waals surface area contributed by atoms with Crippen LogP contribution in [0.1, 0.15) is 22.8 Å². The number of hydrogen-bond acceptors (Lipinski definition) is 5. The normalized spacial score (nSPS) is 10.4. The molecule has 0 aliphatic carbocycles. The summed E-state index contributed by atoms with van der Waals surface area (Å²) in [6.07, 6.45) is 0. The molecule has 0 aliphatic heterocycles. The van der Waals surface area contributed by atoms with Gasteiger partial charge < -0.3 is 19.5 Å². The highest BCUT2D eigenvalue weighted by Crippen LogP contribution is 2.25. The molecule has 1 N–H and O–H groups in total. The minimum atomic E-state index is -0.625. The molecule has 0 unspecified atom stereocenters. The average Bonchev–Trinajstić information content (AvgIpc) is 2.67. The van der Waals surface area contributed by atoms with Crippen LogP contribution in [-0.4, -0.2) is 32.2 Å². The third-order valence-corrected chi connectivity index (χ3v) is 4.25. The van der Waals surface area contributed by atoms with Gasteiger partial charge >= 0.3 is 5.97 Å². The Morgan fingerprint density at radius 3 is 2.52 bits per heavy atom. The van der Waals surface area contributed by atoms with E-state index in [1.54, 1.807) is 30.3 Å². The molecular weight excluding hydrogens is 393 g/mol. The summed E-state index contributed by atoms with van der Waals surface area (Å²) in [6.45, 7) is 2.27. The van der Waals surface area contributed by atoms with Crippen molar-refractivity contribution in [3.8, 4) is 5.75 Å². The van der Waals surface area contributed by atoms with Gasteiger partial charge in [0.15, 0.2) is 6.61 Å². The third-order valence-electron chi connectivity index (χ3n) is 3.52. The van der Waals surface area contributed by atoms with Gasteiger partial charge in [0, 0.05) is 17.9 Å². The lowest BCUT2D eigenvalue weighted by Crippen LogP contribution is -2.21. The van der Waals surface area contributed by atoms with E-state index in [1.165, 1.54) is 13.2 Å². The first-order valence-corrected chi connectivity index (χ1v) is 8.86. The monoisotopic (exact) mass is 411 g/mol. The van der Waals surface area contributed by atoms with Crippen molar-refractivity contribution in [3.63, 3.8) is 0 Å². The Kier molecular flexibility index (Phi) is 7.91. The number of nitrogens with one attached hydrogen (secondary N) is 1. The molecule has 6 nitrogen and oxygen atoms in total. The van der Waals surface area contributed by atoms with Crippen LogP contribution >= 0.6 is 23.2 Å². The van der Waals surface area contributed by atoms with Gasteiger partial charge in [-0.15, -0.1) is 0 Å². The fourth-order valence-electron chi connectivity index (χ4n) is 2.22. The number of esters is 1. The number of carbonyl (C=O) groups excluding carboxylic acids is 2. The van der Waals surface area contributed by atoms with Crippen LogP contribution in [0.25, 0.3) is 0 Å². The Bertz CT molecular complexity index is 826. The summed E-state index contributed by atoms with van der Waals surface area (Å²) in [5.74, 6) is -0.512. The van der Waals surface area contributed by atoms with E-state index in [9.17, 15) is 9.59 Å². The van der Waals surface area contributed by atoms with Crippen molar-refractivity contribution in [2.75, 3.05) is 25.6 Å². The van der Waals surface area contributed by atoms with E-state index >= 15 is 0 Å². The maximum atomic E-state index is 12.2. The van der Waals surface area contributed by atoms with E-state index in [2.05, 4.69) is 5.32 Å². The molecule has 0 spiro atoms. The molecular formula is C19H19Cl2NO5. The van der Waals surface area contributed by atoms with Crippen LogP contribution in [-0.2, 0) is 20.9 Å². The second-order valence-corrected chi connectivity index (χ2v) is 6.23. The zero-order valence-electron chi connectivity index (χ0n) is 14.9. The van der Waals surface area contributed by atoms with E-state index in [1.807, 2.05) is 6.92 Å². The number of benzene rings is 2. The SMILES string of the molecule is CCOCc1cc(C(=O)OCC(=O)Nc2ccc(Cl)c(Cl)c2)ccc1OC. The molecule has 0 fully saturated rings. The van der Waals surface area contributed by atoms with E-state index in [0.717, 1.165) is 0 Å². The zero-order valence-corrected chi connectivity index (χ0v) is 16.4. The second-order valence-electron chi connectivity index (χ2n) is 5.42. The van der Waals surface area contributed by atoms with Gasteiger partial charge in [-0.1, -0.05) is 23.2 Å². The highest BCUT2D eigenvalue weighted by atomic mass is 35.5. The Morgan fingerprint density at radius 1 is 1.07 bits per heavy atom. The van der Waals surface area contributed by atoms with Gasteiger partial charge in [-0.05, 0) is 43.3 Å². The lowest BCUT2D eigenvalue weighted by Gasteiger charge is -2.11. The minimum Gasteiger partial charge on any atom is -0.496 e. The highest BCUT2D eigenvalue weighted by molar-refractivity contribution is 6.42. The molecule has 2 aromatic rings. The molecule has 0 aromatic heterocycles. The summed E-state index contributed by atoms with van der Waals surface area (Å²) >= 11 is 11.7. The first-order valence-electron chi connectivity index (χ1n) is 8.11. The lowest BCUT2D eigenvalue weighted by molar-refractivity contribution is -0.119. The Balaban J connectivity index is 1.96. The van der Waals surface area contributed by atoms with Crippen LogP contribution in [0, 0.1) is 0 Å². The van der Waals surface area contributed by atoms with Crippen LogP contribution in [0.2, 0.25) is 10.0 Å². The number of amides is 1. The van der Waals surface area contributed by atoms with Crippen molar-refractivity contribution in [1.29, 1.82) is 0 Å². The highest BCUT2D eigenvalue weighted by Gasteiger charge is 2.14. The largest absolute Gasteiger partial charge is 0.496 e. The first-order chi connectivity index (χ1) is 12.9. The molecule has 27 heavy (non-hydrogen) atoms. The van der Waals surface area contributed by atoms with Crippen molar-refractivity contribution in [2.24, 2.45) is 0 Å². The van der Waals surface area contributed by atoms with E-state index in [-0.39, 0.29) is 0 Å². The Hall–Kier alpha value is -2.28. The summed E-state index contributed by atoms with van der Waals surface area (Å²) < 4.78 is 15.7. The van der Waals surface area contributed by atoms with Gasteiger partial charge in [0.2, 0.25) is 0 Å². The molecule has 1 amide bonds. The maximum absolute atomic E-state index is 12.2. The number of methoxy groups -OCH3 is 1. The molecule has 144 valence electrons. The summed E-state index contributed by atoms with van der Waals surface area (Å²) in [6, 6.07) is 9.50. The predicted octanol–water partition coefficient (Wildman–Crippen LogP) is 4.33. The molecule has 0 aliphatic rings. The van der Waals surface area contributed by atoms with Gasteiger partial charge in [-0.3, -0.25) is 4.79 Å². The number of hydrogen-bond donors (Lipinski definition) is 1. The number of rotatable bonds is 8.